The summed E-state index contributed by atoms with van der Waals surface area (Å²) in [6.45, 7) is 8.77. The Labute approximate surface area is 158 Å². The predicted octanol–water partition coefficient (Wildman–Crippen LogP) is 2.62. The molecule has 2 aromatic heterocycles. The van der Waals surface area contributed by atoms with E-state index in [-0.39, 0.29) is 5.92 Å². The minimum Gasteiger partial charge on any atom is -0.333 e. The highest BCUT2D eigenvalue weighted by Gasteiger charge is 2.40. The van der Waals surface area contributed by atoms with Crippen molar-refractivity contribution in [1.29, 1.82) is 0 Å². The molecule has 5 rings (SSSR count). The van der Waals surface area contributed by atoms with Crippen molar-refractivity contribution in [3.63, 3.8) is 0 Å². The first-order chi connectivity index (χ1) is 12.6. The van der Waals surface area contributed by atoms with Crippen LogP contribution in [0.15, 0.2) is 23.4 Å². The van der Waals surface area contributed by atoms with Gasteiger partial charge < -0.3 is 9.47 Å². The summed E-state index contributed by atoms with van der Waals surface area (Å²) in [6.07, 6.45) is 6.02. The molecule has 0 saturated carbocycles. The van der Waals surface area contributed by atoms with Crippen molar-refractivity contribution >= 4 is 17.2 Å². The maximum atomic E-state index is 13.0. The molecule has 0 aromatic carbocycles. The Bertz CT molecular complexity index is 741. The lowest BCUT2D eigenvalue weighted by Gasteiger charge is -2.35. The maximum Gasteiger partial charge on any atom is 0.227 e. The van der Waals surface area contributed by atoms with Crippen molar-refractivity contribution in [2.45, 2.75) is 52.4 Å². The first-order valence-corrected chi connectivity index (χ1v) is 10.4. The van der Waals surface area contributed by atoms with E-state index in [1.54, 1.807) is 11.3 Å². The van der Waals surface area contributed by atoms with Crippen LogP contribution in [0.25, 0.3) is 0 Å². The molecule has 7 heteroatoms. The molecule has 5 heterocycles. The SMILES string of the molecule is CC(C)Cn1cncc1CN1C[C@H]2CC[C@@H](C1)N(Cc1cscn1)C2=O. The Hall–Kier alpha value is -1.73. The largest absolute Gasteiger partial charge is 0.333 e. The molecule has 2 aromatic rings. The zero-order valence-electron chi connectivity index (χ0n) is 15.5. The summed E-state index contributed by atoms with van der Waals surface area (Å²) in [5.41, 5.74) is 4.11. The maximum absolute atomic E-state index is 13.0. The number of amides is 1. The highest BCUT2D eigenvalue weighted by atomic mass is 32.1. The molecule has 3 aliphatic rings. The van der Waals surface area contributed by atoms with Gasteiger partial charge in [0.2, 0.25) is 5.91 Å². The van der Waals surface area contributed by atoms with Gasteiger partial charge in [-0.3, -0.25) is 9.69 Å². The molecule has 0 N–H and O–H groups in total. The molecule has 3 fully saturated rings. The molecule has 3 saturated heterocycles. The smallest absolute Gasteiger partial charge is 0.227 e. The summed E-state index contributed by atoms with van der Waals surface area (Å²) in [5.74, 6) is 1.03. The summed E-state index contributed by atoms with van der Waals surface area (Å²) in [4.78, 5) is 26.2. The fraction of sp³-hybridized carbons (Fsp3) is 0.632. The van der Waals surface area contributed by atoms with E-state index < -0.39 is 0 Å². The molecular weight excluding hydrogens is 346 g/mol. The number of rotatable bonds is 6. The fourth-order valence-electron chi connectivity index (χ4n) is 4.22. The molecule has 2 bridgehead atoms. The number of hydrogen-bond donors (Lipinski definition) is 0. The number of aromatic nitrogens is 3. The van der Waals surface area contributed by atoms with Crippen LogP contribution >= 0.6 is 11.3 Å². The molecule has 0 unspecified atom stereocenters. The van der Waals surface area contributed by atoms with Crippen molar-refractivity contribution in [3.05, 3.63) is 34.8 Å². The van der Waals surface area contributed by atoms with E-state index in [0.717, 1.165) is 44.7 Å². The van der Waals surface area contributed by atoms with Gasteiger partial charge in [-0.05, 0) is 18.8 Å². The van der Waals surface area contributed by atoms with Gasteiger partial charge in [0.1, 0.15) is 0 Å². The third kappa shape index (κ3) is 3.69. The van der Waals surface area contributed by atoms with Crippen molar-refractivity contribution in [3.8, 4) is 0 Å². The van der Waals surface area contributed by atoms with Crippen LogP contribution in [0.4, 0.5) is 0 Å². The number of carbonyl (C=O) groups excluding carboxylic acids is 1. The van der Waals surface area contributed by atoms with Crippen LogP contribution in [0.3, 0.4) is 0 Å². The minimum atomic E-state index is 0.119. The normalized spacial score (nSPS) is 23.8. The number of hydrogen-bond acceptors (Lipinski definition) is 5. The number of piperidine rings is 1. The molecule has 1 amide bonds. The molecule has 6 nitrogen and oxygen atoms in total. The number of fused-ring (bicyclic) bond motifs is 4. The Morgan fingerprint density at radius 3 is 2.92 bits per heavy atom. The van der Waals surface area contributed by atoms with E-state index in [2.05, 4.69) is 38.2 Å². The number of carbonyl (C=O) groups is 1. The van der Waals surface area contributed by atoms with Crippen LogP contribution in [-0.4, -0.2) is 49.4 Å². The summed E-state index contributed by atoms with van der Waals surface area (Å²) in [5, 5.41) is 2.05. The van der Waals surface area contributed by atoms with Crippen molar-refractivity contribution in [1.82, 2.24) is 24.3 Å². The van der Waals surface area contributed by atoms with Gasteiger partial charge in [-0.25, -0.2) is 9.97 Å². The highest BCUT2D eigenvalue weighted by molar-refractivity contribution is 7.07. The Kier molecular flexibility index (Phi) is 5.09. The molecule has 140 valence electrons. The van der Waals surface area contributed by atoms with Gasteiger partial charge in [-0.2, -0.15) is 0 Å². The molecule has 0 spiro atoms. The van der Waals surface area contributed by atoms with E-state index in [1.807, 2.05) is 23.4 Å². The van der Waals surface area contributed by atoms with Crippen molar-refractivity contribution in [2.24, 2.45) is 11.8 Å². The second-order valence-corrected chi connectivity index (χ2v) is 8.72. The van der Waals surface area contributed by atoms with E-state index in [9.17, 15) is 4.79 Å². The third-order valence-corrected chi connectivity index (χ3v) is 6.07. The quantitative estimate of drug-likeness (QED) is 0.781. The summed E-state index contributed by atoms with van der Waals surface area (Å²) >= 11 is 1.60. The first-order valence-electron chi connectivity index (χ1n) is 9.49. The van der Waals surface area contributed by atoms with E-state index in [4.69, 9.17) is 0 Å². The fourth-order valence-corrected chi connectivity index (χ4v) is 4.77. The van der Waals surface area contributed by atoms with Crippen LogP contribution in [-0.2, 0) is 24.4 Å². The van der Waals surface area contributed by atoms with E-state index in [0.29, 0.717) is 24.4 Å². The van der Waals surface area contributed by atoms with E-state index in [1.165, 1.54) is 5.69 Å². The van der Waals surface area contributed by atoms with Gasteiger partial charge >= 0.3 is 0 Å². The van der Waals surface area contributed by atoms with Gasteiger partial charge in [0.25, 0.3) is 0 Å². The summed E-state index contributed by atoms with van der Waals surface area (Å²) in [7, 11) is 0. The standard InChI is InChI=1S/C19H27N5OS/c1-14(2)6-23-12-20-5-18(23)10-22-7-15-3-4-17(9-22)24(19(15)25)8-16-11-26-13-21-16/h5,11-15,17H,3-4,6-10H2,1-2H3/t15-,17+/m1/s1. The van der Waals surface area contributed by atoms with Gasteiger partial charge in [0, 0.05) is 43.8 Å². The lowest BCUT2D eigenvalue weighted by molar-refractivity contribution is -0.140. The van der Waals surface area contributed by atoms with Crippen molar-refractivity contribution < 1.29 is 4.79 Å². The Balaban J connectivity index is 1.47. The molecule has 2 atom stereocenters. The molecular formula is C19H27N5OS. The molecule has 3 aliphatic heterocycles. The van der Waals surface area contributed by atoms with Crippen LogP contribution in [0.2, 0.25) is 0 Å². The average Bonchev–Trinajstić information content (AvgIpc) is 3.18. The van der Waals surface area contributed by atoms with Gasteiger partial charge in [-0.1, -0.05) is 13.8 Å². The van der Waals surface area contributed by atoms with E-state index >= 15 is 0 Å². The zero-order chi connectivity index (χ0) is 18.1. The number of thiazole rings is 1. The molecule has 26 heavy (non-hydrogen) atoms. The van der Waals surface area contributed by atoms with Crippen LogP contribution in [0, 0.1) is 11.8 Å². The second-order valence-electron chi connectivity index (χ2n) is 8.00. The topological polar surface area (TPSA) is 54.3 Å². The number of nitrogens with zero attached hydrogens (tertiary/aromatic N) is 5. The Morgan fingerprint density at radius 2 is 2.15 bits per heavy atom. The van der Waals surface area contributed by atoms with Gasteiger partial charge in [0.15, 0.2) is 0 Å². The van der Waals surface area contributed by atoms with Crippen molar-refractivity contribution in [2.75, 3.05) is 13.1 Å². The minimum absolute atomic E-state index is 0.119. The lowest BCUT2D eigenvalue weighted by atomic mass is 9.94. The van der Waals surface area contributed by atoms with Gasteiger partial charge in [0.05, 0.1) is 35.7 Å². The second kappa shape index (κ2) is 7.48. The summed E-state index contributed by atoms with van der Waals surface area (Å²) in [6, 6.07) is 0.296. The number of imidazole rings is 1. The van der Waals surface area contributed by atoms with Crippen LogP contribution in [0.5, 0.6) is 0 Å². The Morgan fingerprint density at radius 1 is 1.27 bits per heavy atom. The van der Waals surface area contributed by atoms with Gasteiger partial charge in [-0.15, -0.1) is 11.3 Å². The predicted molar refractivity (Wildman–Crippen MR) is 102 cm³/mol. The molecule has 0 aliphatic carbocycles. The van der Waals surface area contributed by atoms with Crippen LogP contribution in [0.1, 0.15) is 38.1 Å². The zero-order valence-corrected chi connectivity index (χ0v) is 16.4. The lowest BCUT2D eigenvalue weighted by Crippen LogP contribution is -2.47. The third-order valence-electron chi connectivity index (χ3n) is 5.43. The average molecular weight is 374 g/mol. The molecule has 0 radical (unpaired) electrons. The first kappa shape index (κ1) is 17.7. The summed E-state index contributed by atoms with van der Waals surface area (Å²) < 4.78 is 2.26. The highest BCUT2D eigenvalue weighted by Crippen LogP contribution is 2.31. The monoisotopic (exact) mass is 373 g/mol. The van der Waals surface area contributed by atoms with Crippen LogP contribution < -0.4 is 0 Å².